The second-order valence-corrected chi connectivity index (χ2v) is 7.47. The van der Waals surface area contributed by atoms with Crippen molar-refractivity contribution in [1.29, 1.82) is 0 Å². The highest BCUT2D eigenvalue weighted by Crippen LogP contribution is 2.21. The summed E-state index contributed by atoms with van der Waals surface area (Å²) in [6.07, 6.45) is 4.17. The first-order valence-electron chi connectivity index (χ1n) is 7.32. The Balaban J connectivity index is 2.10. The lowest BCUT2D eigenvalue weighted by Crippen LogP contribution is -2.53. The Morgan fingerprint density at radius 1 is 1.05 bits per heavy atom. The van der Waals surface area contributed by atoms with Crippen molar-refractivity contribution >= 4 is 10.0 Å². The highest BCUT2D eigenvalue weighted by atomic mass is 32.2. The Morgan fingerprint density at radius 2 is 1.65 bits per heavy atom. The molecular weight excluding hydrogens is 272 g/mol. The molecule has 2 atom stereocenters. The van der Waals surface area contributed by atoms with Crippen LogP contribution in [0.5, 0.6) is 0 Å². The lowest BCUT2D eigenvalue weighted by atomic mass is 9.90. The van der Waals surface area contributed by atoms with Crippen LogP contribution in [0.25, 0.3) is 0 Å². The molecule has 1 aromatic rings. The highest BCUT2D eigenvalue weighted by molar-refractivity contribution is 7.89. The van der Waals surface area contributed by atoms with Gasteiger partial charge in [-0.05, 0) is 25.0 Å². The van der Waals surface area contributed by atoms with Crippen LogP contribution in [0.1, 0.15) is 39.5 Å². The average molecular weight is 296 g/mol. The third-order valence-corrected chi connectivity index (χ3v) is 5.18. The molecule has 20 heavy (non-hydrogen) atoms. The second kappa shape index (κ2) is 6.70. The van der Waals surface area contributed by atoms with E-state index in [1.165, 1.54) is 0 Å². The molecule has 4 nitrogen and oxygen atoms in total. The van der Waals surface area contributed by atoms with Gasteiger partial charge < -0.3 is 5.32 Å². The Morgan fingerprint density at radius 3 is 2.25 bits per heavy atom. The minimum atomic E-state index is -3.42. The summed E-state index contributed by atoms with van der Waals surface area (Å²) in [7, 11) is -3.42. The van der Waals surface area contributed by atoms with E-state index in [2.05, 4.69) is 23.9 Å². The van der Waals surface area contributed by atoms with E-state index in [-0.39, 0.29) is 12.1 Å². The number of sulfonamides is 1. The average Bonchev–Trinajstić information content (AvgIpc) is 2.41. The summed E-state index contributed by atoms with van der Waals surface area (Å²) >= 11 is 0. The van der Waals surface area contributed by atoms with Gasteiger partial charge in [-0.1, -0.05) is 44.9 Å². The van der Waals surface area contributed by atoms with Crippen LogP contribution in [-0.4, -0.2) is 26.5 Å². The van der Waals surface area contributed by atoms with E-state index in [4.69, 9.17) is 0 Å². The predicted molar refractivity (Wildman–Crippen MR) is 81.1 cm³/mol. The summed E-state index contributed by atoms with van der Waals surface area (Å²) in [6.45, 7) is 4.19. The van der Waals surface area contributed by atoms with Crippen LogP contribution < -0.4 is 10.0 Å². The lowest BCUT2D eigenvalue weighted by molar-refractivity contribution is 0.295. The zero-order chi connectivity index (χ0) is 14.6. The predicted octanol–water partition coefficient (Wildman–Crippen LogP) is 2.27. The molecule has 2 unspecified atom stereocenters. The minimum absolute atomic E-state index is 0.0173. The summed E-state index contributed by atoms with van der Waals surface area (Å²) in [5, 5.41) is 3.48. The smallest absolute Gasteiger partial charge is 0.240 e. The van der Waals surface area contributed by atoms with Gasteiger partial charge in [-0.3, -0.25) is 0 Å². The fourth-order valence-corrected chi connectivity index (χ4v) is 4.10. The van der Waals surface area contributed by atoms with Crippen LogP contribution in [0.2, 0.25) is 0 Å². The zero-order valence-electron chi connectivity index (χ0n) is 12.2. The molecule has 0 radical (unpaired) electrons. The molecule has 2 rings (SSSR count). The summed E-state index contributed by atoms with van der Waals surface area (Å²) in [5.41, 5.74) is 0. The van der Waals surface area contributed by atoms with Crippen LogP contribution in [0.3, 0.4) is 0 Å². The molecule has 0 aliphatic heterocycles. The van der Waals surface area contributed by atoms with E-state index in [1.54, 1.807) is 24.3 Å². The molecule has 112 valence electrons. The van der Waals surface area contributed by atoms with Crippen LogP contribution >= 0.6 is 0 Å². The van der Waals surface area contributed by atoms with Crippen LogP contribution in [0.15, 0.2) is 35.2 Å². The topological polar surface area (TPSA) is 58.2 Å². The monoisotopic (exact) mass is 296 g/mol. The minimum Gasteiger partial charge on any atom is -0.310 e. The van der Waals surface area contributed by atoms with Crippen LogP contribution in [-0.2, 0) is 10.0 Å². The molecule has 0 bridgehead atoms. The van der Waals surface area contributed by atoms with Crippen molar-refractivity contribution < 1.29 is 8.42 Å². The second-order valence-electron chi connectivity index (χ2n) is 5.75. The van der Waals surface area contributed by atoms with Crippen molar-refractivity contribution in [3.05, 3.63) is 30.3 Å². The van der Waals surface area contributed by atoms with Crippen molar-refractivity contribution in [3.8, 4) is 0 Å². The van der Waals surface area contributed by atoms with Gasteiger partial charge in [-0.25, -0.2) is 13.1 Å². The number of benzene rings is 1. The molecule has 1 aliphatic rings. The Hall–Kier alpha value is -0.910. The van der Waals surface area contributed by atoms with Gasteiger partial charge >= 0.3 is 0 Å². The van der Waals surface area contributed by atoms with E-state index >= 15 is 0 Å². The first-order valence-corrected chi connectivity index (χ1v) is 8.81. The first-order chi connectivity index (χ1) is 9.49. The number of hydrogen-bond donors (Lipinski definition) is 2. The van der Waals surface area contributed by atoms with Crippen LogP contribution in [0, 0.1) is 0 Å². The molecule has 0 aromatic heterocycles. The van der Waals surface area contributed by atoms with Gasteiger partial charge in [-0.15, -0.1) is 0 Å². The zero-order valence-corrected chi connectivity index (χ0v) is 13.0. The molecule has 1 saturated carbocycles. The molecule has 5 heteroatoms. The Kier molecular flexibility index (Phi) is 5.18. The lowest BCUT2D eigenvalue weighted by Gasteiger charge is -2.34. The van der Waals surface area contributed by atoms with E-state index in [0.717, 1.165) is 25.7 Å². The van der Waals surface area contributed by atoms with Crippen molar-refractivity contribution in [2.45, 2.75) is 62.6 Å². The quantitative estimate of drug-likeness (QED) is 0.876. The standard InChI is InChI=1S/C15H24N2O2S/c1-12(2)16-14-10-6-7-11-15(14)17-20(18,19)13-8-4-3-5-9-13/h3-5,8-9,12,14-17H,6-7,10-11H2,1-2H3. The van der Waals surface area contributed by atoms with Gasteiger partial charge in [0.2, 0.25) is 10.0 Å². The third kappa shape index (κ3) is 4.04. The first kappa shape index (κ1) is 15.5. The van der Waals surface area contributed by atoms with Gasteiger partial charge in [-0.2, -0.15) is 0 Å². The molecule has 1 fully saturated rings. The number of rotatable bonds is 5. The van der Waals surface area contributed by atoms with Crippen molar-refractivity contribution in [3.63, 3.8) is 0 Å². The van der Waals surface area contributed by atoms with Gasteiger partial charge in [0.15, 0.2) is 0 Å². The summed E-state index contributed by atoms with van der Waals surface area (Å²) in [6, 6.07) is 9.16. The van der Waals surface area contributed by atoms with Crippen molar-refractivity contribution in [1.82, 2.24) is 10.0 Å². The van der Waals surface area contributed by atoms with Gasteiger partial charge in [0.05, 0.1) is 4.90 Å². The van der Waals surface area contributed by atoms with E-state index in [0.29, 0.717) is 10.9 Å². The number of hydrogen-bond acceptors (Lipinski definition) is 3. The van der Waals surface area contributed by atoms with E-state index in [9.17, 15) is 8.42 Å². The van der Waals surface area contributed by atoms with Crippen molar-refractivity contribution in [2.75, 3.05) is 0 Å². The molecule has 1 aliphatic carbocycles. The molecule has 0 heterocycles. The fourth-order valence-electron chi connectivity index (χ4n) is 2.77. The van der Waals surface area contributed by atoms with Crippen molar-refractivity contribution in [2.24, 2.45) is 0 Å². The molecule has 0 spiro atoms. The summed E-state index contributed by atoms with van der Waals surface area (Å²) in [5.74, 6) is 0. The maximum atomic E-state index is 12.4. The van der Waals surface area contributed by atoms with Crippen LogP contribution in [0.4, 0.5) is 0 Å². The molecule has 2 N–H and O–H groups in total. The van der Waals surface area contributed by atoms with Gasteiger partial charge in [0.1, 0.15) is 0 Å². The maximum Gasteiger partial charge on any atom is 0.240 e. The fraction of sp³-hybridized carbons (Fsp3) is 0.600. The highest BCUT2D eigenvalue weighted by Gasteiger charge is 2.29. The van der Waals surface area contributed by atoms with Gasteiger partial charge in [0.25, 0.3) is 0 Å². The maximum absolute atomic E-state index is 12.4. The molecular formula is C15H24N2O2S. The normalized spacial score (nSPS) is 23.9. The Labute approximate surface area is 122 Å². The largest absolute Gasteiger partial charge is 0.310 e. The Bertz CT molecular complexity index is 514. The van der Waals surface area contributed by atoms with E-state index in [1.807, 2.05) is 6.07 Å². The SMILES string of the molecule is CC(C)NC1CCCCC1NS(=O)(=O)c1ccccc1. The molecule has 1 aromatic carbocycles. The summed E-state index contributed by atoms with van der Waals surface area (Å²) in [4.78, 5) is 0.342. The molecule has 0 saturated heterocycles. The third-order valence-electron chi connectivity index (χ3n) is 3.67. The van der Waals surface area contributed by atoms with E-state index < -0.39 is 10.0 Å². The molecule has 0 amide bonds. The number of nitrogens with one attached hydrogen (secondary N) is 2. The summed E-state index contributed by atoms with van der Waals surface area (Å²) < 4.78 is 27.7. The van der Waals surface area contributed by atoms with Gasteiger partial charge in [0, 0.05) is 18.1 Å².